The smallest absolute Gasteiger partial charge is 0.746 e. The molecule has 8 heteroatoms. The van der Waals surface area contributed by atoms with E-state index in [4.69, 9.17) is 5.11 Å². The molecule has 0 aliphatic carbocycles. The van der Waals surface area contributed by atoms with Crippen LogP contribution in [0.4, 0.5) is 0 Å². The molecule has 14 heavy (non-hydrogen) atoms. The summed E-state index contributed by atoms with van der Waals surface area (Å²) in [7, 11) is -4.78. The first-order chi connectivity index (χ1) is 5.88. The SMILES string of the molecule is CCCNC(=O)CC(O)S(=O)(=O)[O-].[Na+]. The molecule has 0 rings (SSSR count). The van der Waals surface area contributed by atoms with Crippen molar-refractivity contribution >= 4 is 16.0 Å². The van der Waals surface area contributed by atoms with Gasteiger partial charge in [-0.25, -0.2) is 8.42 Å². The van der Waals surface area contributed by atoms with E-state index in [1.165, 1.54) is 0 Å². The number of hydrogen-bond acceptors (Lipinski definition) is 5. The maximum Gasteiger partial charge on any atom is 1.00 e. The van der Waals surface area contributed by atoms with Crippen LogP contribution in [0.5, 0.6) is 0 Å². The molecule has 2 N–H and O–H groups in total. The summed E-state index contributed by atoms with van der Waals surface area (Å²) in [5.41, 5.74) is -2.15. The molecule has 0 radical (unpaired) electrons. The van der Waals surface area contributed by atoms with E-state index in [1.54, 1.807) is 0 Å². The van der Waals surface area contributed by atoms with Crippen LogP contribution in [0, 0.1) is 0 Å². The van der Waals surface area contributed by atoms with Gasteiger partial charge < -0.3 is 15.0 Å². The molecule has 0 spiro atoms. The molecular formula is C6H12NNaO5S. The van der Waals surface area contributed by atoms with Crippen LogP contribution in [0.2, 0.25) is 0 Å². The molecule has 0 heterocycles. The van der Waals surface area contributed by atoms with Gasteiger partial charge in [-0.1, -0.05) is 6.92 Å². The Morgan fingerprint density at radius 3 is 2.43 bits per heavy atom. The minimum atomic E-state index is -4.78. The summed E-state index contributed by atoms with van der Waals surface area (Å²) in [4.78, 5) is 10.8. The number of nitrogens with one attached hydrogen (secondary N) is 1. The van der Waals surface area contributed by atoms with E-state index < -0.39 is 27.9 Å². The quantitative estimate of drug-likeness (QED) is 0.369. The summed E-state index contributed by atoms with van der Waals surface area (Å²) in [6.45, 7) is 2.21. The standard InChI is InChI=1S/C6H13NO5S.Na/c1-2-3-7-5(8)4-6(9)13(10,11)12;/h6,9H,2-4H2,1H3,(H,7,8)(H,10,11,12);/q;+1/p-1. The molecule has 78 valence electrons. The second-order valence-electron chi connectivity index (χ2n) is 2.50. The Labute approximate surface area is 105 Å². The average Bonchev–Trinajstić information content (AvgIpc) is 1.99. The molecule has 0 aliphatic rings. The van der Waals surface area contributed by atoms with Crippen molar-refractivity contribution in [1.82, 2.24) is 5.32 Å². The van der Waals surface area contributed by atoms with Gasteiger partial charge in [0.2, 0.25) is 5.91 Å². The first-order valence-electron chi connectivity index (χ1n) is 3.77. The van der Waals surface area contributed by atoms with E-state index in [0.717, 1.165) is 0 Å². The fourth-order valence-electron chi connectivity index (χ4n) is 0.597. The summed E-state index contributed by atoms with van der Waals surface area (Å²) in [6, 6.07) is 0. The van der Waals surface area contributed by atoms with Crippen LogP contribution < -0.4 is 34.9 Å². The van der Waals surface area contributed by atoms with Crippen LogP contribution in [-0.2, 0) is 14.9 Å². The largest absolute Gasteiger partial charge is 1.00 e. The molecule has 0 saturated heterocycles. The molecule has 0 saturated carbocycles. The molecule has 1 atom stereocenters. The van der Waals surface area contributed by atoms with E-state index in [2.05, 4.69) is 5.32 Å². The molecule has 0 aromatic heterocycles. The van der Waals surface area contributed by atoms with E-state index in [9.17, 15) is 17.8 Å². The minimum absolute atomic E-state index is 0. The Hall–Kier alpha value is 0.340. The van der Waals surface area contributed by atoms with Gasteiger partial charge in [-0.3, -0.25) is 4.79 Å². The summed E-state index contributed by atoms with van der Waals surface area (Å²) in [5.74, 6) is -0.645. The summed E-state index contributed by atoms with van der Waals surface area (Å²) >= 11 is 0. The van der Waals surface area contributed by atoms with Crippen LogP contribution in [-0.4, -0.2) is 36.0 Å². The van der Waals surface area contributed by atoms with E-state index in [1.807, 2.05) is 6.92 Å². The maximum absolute atomic E-state index is 10.8. The first-order valence-corrected chi connectivity index (χ1v) is 5.24. The zero-order valence-corrected chi connectivity index (χ0v) is 11.0. The molecule has 0 bridgehead atoms. The zero-order chi connectivity index (χ0) is 10.5. The number of aliphatic hydroxyl groups excluding tert-OH is 1. The predicted molar refractivity (Wildman–Crippen MR) is 43.6 cm³/mol. The minimum Gasteiger partial charge on any atom is -0.746 e. The number of carbonyl (C=O) groups is 1. The number of aliphatic hydroxyl groups is 1. The topological polar surface area (TPSA) is 107 Å². The van der Waals surface area contributed by atoms with Gasteiger partial charge in [0.25, 0.3) is 0 Å². The third-order valence-electron chi connectivity index (χ3n) is 1.27. The van der Waals surface area contributed by atoms with Gasteiger partial charge in [-0.2, -0.15) is 0 Å². The number of rotatable bonds is 5. The molecule has 0 aliphatic heterocycles. The van der Waals surface area contributed by atoms with Crippen molar-refractivity contribution in [1.29, 1.82) is 0 Å². The number of hydrogen-bond donors (Lipinski definition) is 2. The zero-order valence-electron chi connectivity index (χ0n) is 8.19. The third kappa shape index (κ3) is 7.72. The van der Waals surface area contributed by atoms with Crippen LogP contribution in [0.25, 0.3) is 0 Å². The first kappa shape index (κ1) is 16.8. The number of carbonyl (C=O) groups excluding carboxylic acids is 1. The molecule has 0 fully saturated rings. The van der Waals surface area contributed by atoms with Crippen molar-refractivity contribution in [3.8, 4) is 0 Å². The molecule has 0 aromatic carbocycles. The Kier molecular flexibility index (Phi) is 9.11. The number of amides is 1. The Morgan fingerprint density at radius 2 is 2.07 bits per heavy atom. The van der Waals surface area contributed by atoms with Crippen molar-refractivity contribution in [3.63, 3.8) is 0 Å². The Morgan fingerprint density at radius 1 is 1.57 bits per heavy atom. The van der Waals surface area contributed by atoms with E-state index in [0.29, 0.717) is 13.0 Å². The summed E-state index contributed by atoms with van der Waals surface area (Å²) in [6.07, 6.45) is -0.00219. The van der Waals surface area contributed by atoms with Crippen molar-refractivity contribution < 1.29 is 52.4 Å². The monoisotopic (exact) mass is 233 g/mol. The second-order valence-corrected chi connectivity index (χ2v) is 4.03. The van der Waals surface area contributed by atoms with Crippen molar-refractivity contribution in [2.45, 2.75) is 25.2 Å². The van der Waals surface area contributed by atoms with E-state index >= 15 is 0 Å². The molecule has 0 aromatic rings. The predicted octanol–water partition coefficient (Wildman–Crippen LogP) is -4.23. The summed E-state index contributed by atoms with van der Waals surface area (Å²) < 4.78 is 30.5. The van der Waals surface area contributed by atoms with E-state index in [-0.39, 0.29) is 29.6 Å². The molecule has 1 amide bonds. The van der Waals surface area contributed by atoms with Gasteiger partial charge in [-0.05, 0) is 6.42 Å². The van der Waals surface area contributed by atoms with Gasteiger partial charge in [0, 0.05) is 6.54 Å². The molecule has 1 unspecified atom stereocenters. The van der Waals surface area contributed by atoms with Crippen LogP contribution >= 0.6 is 0 Å². The maximum atomic E-state index is 10.8. The Balaban J connectivity index is 0. The summed E-state index contributed by atoms with van der Waals surface area (Å²) in [5, 5.41) is 11.0. The van der Waals surface area contributed by atoms with Gasteiger partial charge in [-0.15, -0.1) is 0 Å². The molecule has 6 nitrogen and oxygen atoms in total. The van der Waals surface area contributed by atoms with Gasteiger partial charge in [0.05, 0.1) is 6.42 Å². The molecular weight excluding hydrogens is 221 g/mol. The van der Waals surface area contributed by atoms with Gasteiger partial charge in [0.1, 0.15) is 10.1 Å². The van der Waals surface area contributed by atoms with Gasteiger partial charge >= 0.3 is 29.6 Å². The fourth-order valence-corrected chi connectivity index (χ4v) is 0.953. The van der Waals surface area contributed by atoms with Crippen molar-refractivity contribution in [3.05, 3.63) is 0 Å². The fraction of sp³-hybridized carbons (Fsp3) is 0.833. The average molecular weight is 233 g/mol. The van der Waals surface area contributed by atoms with Crippen LogP contribution in [0.15, 0.2) is 0 Å². The Bertz CT molecular complexity index is 265. The normalized spacial score (nSPS) is 12.8. The third-order valence-corrected chi connectivity index (χ3v) is 2.10. The second kappa shape index (κ2) is 7.61. The van der Waals surface area contributed by atoms with Crippen LogP contribution in [0.3, 0.4) is 0 Å². The van der Waals surface area contributed by atoms with Crippen LogP contribution in [0.1, 0.15) is 19.8 Å². The van der Waals surface area contributed by atoms with Crippen molar-refractivity contribution in [2.75, 3.05) is 6.54 Å². The van der Waals surface area contributed by atoms with Crippen molar-refractivity contribution in [2.24, 2.45) is 0 Å². The van der Waals surface area contributed by atoms with Gasteiger partial charge in [0.15, 0.2) is 5.44 Å².